The van der Waals surface area contributed by atoms with Crippen molar-refractivity contribution in [3.05, 3.63) is 65.2 Å². The van der Waals surface area contributed by atoms with Crippen molar-refractivity contribution in [3.63, 3.8) is 0 Å². The van der Waals surface area contributed by atoms with Crippen molar-refractivity contribution in [3.8, 4) is 0 Å². The van der Waals surface area contributed by atoms with Gasteiger partial charge in [0.15, 0.2) is 0 Å². The predicted molar refractivity (Wildman–Crippen MR) is 136 cm³/mol. The molecule has 0 aliphatic carbocycles. The first kappa shape index (κ1) is 24.9. The van der Waals surface area contributed by atoms with Crippen molar-refractivity contribution in [1.82, 2.24) is 32.3 Å². The molecule has 2 aromatic rings. The Kier molecular flexibility index (Phi) is 7.17. The zero-order valence-electron chi connectivity index (χ0n) is 20.5. The van der Waals surface area contributed by atoms with Gasteiger partial charge in [-0.2, -0.15) is 5.53 Å². The topological polar surface area (TPSA) is 144 Å². The lowest BCUT2D eigenvalue weighted by Crippen LogP contribution is -2.56. The molecule has 0 bridgehead atoms. The summed E-state index contributed by atoms with van der Waals surface area (Å²) >= 11 is 0. The Morgan fingerprint density at radius 3 is 2.59 bits per heavy atom. The summed E-state index contributed by atoms with van der Waals surface area (Å²) in [4.78, 5) is 53.9. The normalized spacial score (nSPS) is 23.1. The van der Waals surface area contributed by atoms with Gasteiger partial charge in [0.25, 0.3) is 0 Å². The molecular formula is C26H31N7O4. The summed E-state index contributed by atoms with van der Waals surface area (Å²) in [5.41, 5.74) is 12.1. The number of para-hydroxylation sites is 1. The van der Waals surface area contributed by atoms with Crippen molar-refractivity contribution in [2.45, 2.75) is 50.4 Å². The second-order valence-corrected chi connectivity index (χ2v) is 9.59. The first-order valence-electron chi connectivity index (χ1n) is 12.5. The third-order valence-corrected chi connectivity index (χ3v) is 7.00. The molecule has 4 atom stereocenters. The number of benzene rings is 2. The van der Waals surface area contributed by atoms with E-state index in [-0.39, 0.29) is 23.8 Å². The molecule has 3 heterocycles. The maximum atomic E-state index is 13.9. The highest BCUT2D eigenvalue weighted by molar-refractivity contribution is 6.08. The van der Waals surface area contributed by atoms with Crippen LogP contribution in [0.5, 0.6) is 0 Å². The molecular weight excluding hydrogens is 474 g/mol. The Hall–Kier alpha value is -3.80. The standard InChI is InChI=1S/C26H31N7O4/c1-15(34)29-22(16-6-3-2-4-7-16)25(36)30-20-11-10-17-8-5-9-18-12-21(33(23(17)18)26(20)37)24(35)27-13-19-14-28-32-31-19/h2-9,19-22,28,31-32H,10-14H2,1H3,(H,27,35)(H,29,34)(H,30,36)/t19?,20-,21-,22-/m0/s1. The van der Waals surface area contributed by atoms with E-state index in [0.29, 0.717) is 37.9 Å². The number of hydrogen-bond acceptors (Lipinski definition) is 7. The van der Waals surface area contributed by atoms with E-state index >= 15 is 0 Å². The molecule has 3 aliphatic rings. The van der Waals surface area contributed by atoms with Crippen LogP contribution < -0.4 is 37.2 Å². The molecule has 0 radical (unpaired) electrons. The second-order valence-electron chi connectivity index (χ2n) is 9.59. The number of anilines is 1. The van der Waals surface area contributed by atoms with E-state index in [1.807, 2.05) is 24.3 Å². The molecule has 5 rings (SSSR count). The van der Waals surface area contributed by atoms with Crippen LogP contribution in [0, 0.1) is 0 Å². The molecule has 6 N–H and O–H groups in total. The predicted octanol–water partition coefficient (Wildman–Crippen LogP) is -0.650. The Morgan fingerprint density at radius 1 is 1.08 bits per heavy atom. The van der Waals surface area contributed by atoms with E-state index in [0.717, 1.165) is 16.8 Å². The van der Waals surface area contributed by atoms with Crippen LogP contribution in [0.1, 0.15) is 36.1 Å². The number of hydrogen-bond donors (Lipinski definition) is 6. The van der Waals surface area contributed by atoms with Crippen molar-refractivity contribution in [2.24, 2.45) is 0 Å². The average Bonchev–Trinajstić information content (AvgIpc) is 3.53. The quantitative estimate of drug-likeness (QED) is 0.294. The first-order chi connectivity index (χ1) is 17.9. The summed E-state index contributed by atoms with van der Waals surface area (Å²) in [5.74, 6) is -1.39. The fourth-order valence-corrected chi connectivity index (χ4v) is 5.22. The molecule has 0 spiro atoms. The zero-order valence-corrected chi connectivity index (χ0v) is 20.5. The smallest absolute Gasteiger partial charge is 0.250 e. The van der Waals surface area contributed by atoms with Gasteiger partial charge < -0.3 is 16.0 Å². The highest BCUT2D eigenvalue weighted by Gasteiger charge is 2.44. The maximum absolute atomic E-state index is 13.9. The number of carbonyl (C=O) groups excluding carboxylic acids is 4. The highest BCUT2D eigenvalue weighted by atomic mass is 16.2. The van der Waals surface area contributed by atoms with Crippen molar-refractivity contribution >= 4 is 29.3 Å². The molecule has 0 aromatic heterocycles. The largest absolute Gasteiger partial charge is 0.353 e. The van der Waals surface area contributed by atoms with Gasteiger partial charge in [0, 0.05) is 26.4 Å². The van der Waals surface area contributed by atoms with E-state index in [2.05, 4.69) is 32.3 Å². The SMILES string of the molecule is CC(=O)N[C@H](C(=O)N[C@H]1CCc2cccc3c2N(C1=O)[C@H](C(=O)NCC1CNNN1)C3)c1ccccc1. The molecule has 1 saturated heterocycles. The maximum Gasteiger partial charge on any atom is 0.250 e. The van der Waals surface area contributed by atoms with E-state index < -0.39 is 24.0 Å². The third kappa shape index (κ3) is 5.19. The molecule has 1 unspecified atom stereocenters. The number of rotatable bonds is 7. The van der Waals surface area contributed by atoms with E-state index in [1.165, 1.54) is 6.92 Å². The van der Waals surface area contributed by atoms with Gasteiger partial charge in [-0.3, -0.25) is 24.1 Å². The van der Waals surface area contributed by atoms with Crippen LogP contribution in [0.3, 0.4) is 0 Å². The lowest BCUT2D eigenvalue weighted by molar-refractivity contribution is -0.132. The van der Waals surface area contributed by atoms with Gasteiger partial charge in [0.1, 0.15) is 18.1 Å². The van der Waals surface area contributed by atoms with Gasteiger partial charge in [-0.15, -0.1) is 0 Å². The van der Waals surface area contributed by atoms with Gasteiger partial charge in [-0.05, 0) is 29.5 Å². The molecule has 194 valence electrons. The van der Waals surface area contributed by atoms with Crippen LogP contribution in [0.25, 0.3) is 0 Å². The lowest BCUT2D eigenvalue weighted by Gasteiger charge is -2.29. The summed E-state index contributed by atoms with van der Waals surface area (Å²) in [6, 6.07) is 12.3. The zero-order chi connectivity index (χ0) is 25.9. The van der Waals surface area contributed by atoms with Gasteiger partial charge in [-0.1, -0.05) is 48.5 Å². The summed E-state index contributed by atoms with van der Waals surface area (Å²) in [5, 5.41) is 8.51. The third-order valence-electron chi connectivity index (χ3n) is 7.00. The second kappa shape index (κ2) is 10.7. The van der Waals surface area contributed by atoms with Gasteiger partial charge in [-0.25, -0.2) is 10.9 Å². The van der Waals surface area contributed by atoms with Crippen LogP contribution in [-0.2, 0) is 32.0 Å². The van der Waals surface area contributed by atoms with Crippen LogP contribution in [-0.4, -0.2) is 54.8 Å². The van der Waals surface area contributed by atoms with Gasteiger partial charge in [0.2, 0.25) is 23.6 Å². The fourth-order valence-electron chi connectivity index (χ4n) is 5.22. The molecule has 37 heavy (non-hydrogen) atoms. The van der Waals surface area contributed by atoms with Crippen LogP contribution in [0.15, 0.2) is 48.5 Å². The minimum absolute atomic E-state index is 0.0267. The Balaban J connectivity index is 1.37. The highest BCUT2D eigenvalue weighted by Crippen LogP contribution is 2.39. The minimum Gasteiger partial charge on any atom is -0.353 e. The molecule has 11 heteroatoms. The van der Waals surface area contributed by atoms with Crippen molar-refractivity contribution < 1.29 is 19.2 Å². The number of carbonyl (C=O) groups is 4. The number of nitrogens with zero attached hydrogens (tertiary/aromatic N) is 1. The number of nitrogens with one attached hydrogen (secondary N) is 6. The fraction of sp³-hybridized carbons (Fsp3) is 0.385. The Labute approximate surface area is 214 Å². The molecule has 3 aliphatic heterocycles. The number of amides is 4. The molecule has 1 fully saturated rings. The van der Waals surface area contributed by atoms with E-state index in [1.54, 1.807) is 29.2 Å². The average molecular weight is 506 g/mol. The van der Waals surface area contributed by atoms with Gasteiger partial charge >= 0.3 is 0 Å². The Bertz CT molecular complexity index is 1200. The van der Waals surface area contributed by atoms with Crippen LogP contribution in [0.4, 0.5) is 5.69 Å². The summed E-state index contributed by atoms with van der Waals surface area (Å²) < 4.78 is 0. The summed E-state index contributed by atoms with van der Waals surface area (Å²) in [6.07, 6.45) is 1.37. The van der Waals surface area contributed by atoms with E-state index in [4.69, 9.17) is 0 Å². The monoisotopic (exact) mass is 505 g/mol. The summed E-state index contributed by atoms with van der Waals surface area (Å²) in [6.45, 7) is 2.40. The minimum atomic E-state index is -0.938. The van der Waals surface area contributed by atoms with Crippen LogP contribution >= 0.6 is 0 Å². The van der Waals surface area contributed by atoms with Crippen LogP contribution in [0.2, 0.25) is 0 Å². The molecule has 4 amide bonds. The molecule has 0 saturated carbocycles. The van der Waals surface area contributed by atoms with Crippen molar-refractivity contribution in [1.29, 1.82) is 0 Å². The number of hydrazine groups is 2. The Morgan fingerprint density at radius 2 is 1.86 bits per heavy atom. The molecule has 2 aromatic carbocycles. The number of aryl methyl sites for hydroxylation is 1. The first-order valence-corrected chi connectivity index (χ1v) is 12.5. The molecule has 11 nitrogen and oxygen atoms in total. The van der Waals surface area contributed by atoms with E-state index in [9.17, 15) is 19.2 Å². The van der Waals surface area contributed by atoms with Crippen molar-refractivity contribution in [2.75, 3.05) is 18.0 Å². The summed E-state index contributed by atoms with van der Waals surface area (Å²) in [7, 11) is 0. The van der Waals surface area contributed by atoms with Gasteiger partial charge in [0.05, 0.1) is 11.7 Å². The lowest BCUT2D eigenvalue weighted by atomic mass is 10.0.